The molecule has 0 aliphatic carbocycles. The first-order valence-electron chi connectivity index (χ1n) is 37.4. The standard InChI is InChI=1S/C10H16N2.C10H16O2.2C10H18O.C9H16O.2C8H14O2.C8H14O.C8H12O.C6H13NO2S.C5H9FO/c1-5-9-11-6-7-12(9)8-10(2,3)4;1-6-8(10(3,4)5)12-9(11)7-2;2*1-8(2)6-9(11)7-10(3,4)5;1-7(2)6-8(10)9(3,4)5;1-6(9)5-7(10)8(2,3)4;1-5-7(9)10-6-8(2,3)4;2*1-5-7(9)6-8(2,3)4;1-5-10(8,9)7-6(2,3)4;1-4(2)5(7)3-6/h5-7H,1,8H2,2-4H3;6-8H,1-2H2,3-5H3;2*6H,7H2,1-5H3;6H,1-5H3;5H2,1-4H3;5H,1,6H2,2-4H3;5H,1,6H2,2-4H3;1H,6H2,2-4H3;5,7H,1H2,2-4H3;4H,3H2,1-2H3. The highest BCUT2D eigenvalue weighted by Crippen LogP contribution is 2.25. The first-order chi connectivity index (χ1) is 49.0. The van der Waals surface area contributed by atoms with Crippen molar-refractivity contribution < 1.29 is 70.2 Å². The summed E-state index contributed by atoms with van der Waals surface area (Å²) < 4.78 is 47.2. The number of sulfonamides is 1. The van der Waals surface area contributed by atoms with E-state index in [2.05, 4.69) is 122 Å². The summed E-state index contributed by atoms with van der Waals surface area (Å²) in [7, 11) is -3.26. The average molecular weight is 1580 g/mol. The van der Waals surface area contributed by atoms with Gasteiger partial charge in [-0.1, -0.05) is 263 Å². The largest absolute Gasteiger partial charge is 0.462 e. The number of ketones is 8. The summed E-state index contributed by atoms with van der Waals surface area (Å²) in [6, 6.07) is 0. The number of rotatable bonds is 21. The maximum Gasteiger partial charge on any atom is 0.330 e. The quantitative estimate of drug-likeness (QED) is 0.0300. The Morgan fingerprint density at radius 2 is 0.919 bits per heavy atom. The van der Waals surface area contributed by atoms with Crippen LogP contribution in [-0.4, -0.2) is 101 Å². The van der Waals surface area contributed by atoms with Gasteiger partial charge in [0.1, 0.15) is 30.2 Å². The summed E-state index contributed by atoms with van der Waals surface area (Å²) in [6.45, 7) is 97.2. The molecular weight excluding hydrogens is 1420 g/mol. The van der Waals surface area contributed by atoms with E-state index in [4.69, 9.17) is 15.9 Å². The number of imidazole rings is 1. The molecule has 1 aromatic heterocycles. The second-order valence-corrected chi connectivity index (χ2v) is 40.6. The molecule has 0 radical (unpaired) electrons. The summed E-state index contributed by atoms with van der Waals surface area (Å²) in [5.41, 5.74) is 2.80. The molecule has 0 bridgehead atoms. The van der Waals surface area contributed by atoms with E-state index in [-0.39, 0.29) is 114 Å². The zero-order valence-electron chi connectivity index (χ0n) is 77.4. The summed E-state index contributed by atoms with van der Waals surface area (Å²) >= 11 is 0. The van der Waals surface area contributed by atoms with Crippen molar-refractivity contribution >= 4 is 74.3 Å². The van der Waals surface area contributed by atoms with Crippen molar-refractivity contribution in [2.45, 2.75) is 320 Å². The normalized spacial score (nSPS) is 11.4. The molecule has 0 amide bonds. The van der Waals surface area contributed by atoms with Crippen molar-refractivity contribution in [3.05, 3.63) is 122 Å². The van der Waals surface area contributed by atoms with Gasteiger partial charge in [0.15, 0.2) is 28.9 Å². The van der Waals surface area contributed by atoms with Gasteiger partial charge in [-0.15, -0.1) is 6.42 Å². The van der Waals surface area contributed by atoms with Crippen LogP contribution in [0.1, 0.15) is 308 Å². The SMILES string of the molecule is C#CC(=O)CC(C)(C)C.C=CC(=O)CC(C)(C)C.C=CC(=O)OC(C=C)C(C)(C)C.C=CC(=O)OCC(C)(C)C.C=CS(=O)(=O)NC(C)(C)C.C=Cc1nccn1CC(C)(C)C.CC(=O)CC(=O)C(C)(C)C.CC(C)=CC(=O)C(C)(C)C.CC(C)=CC(=O)CC(C)(C)C.CC(C)=CC(=O)CC(C)(C)C.CC(C)C(=O)CF. The molecule has 17 nitrogen and oxygen atoms in total. The van der Waals surface area contributed by atoms with Crippen LogP contribution >= 0.6 is 0 Å². The van der Waals surface area contributed by atoms with Crippen LogP contribution in [0.5, 0.6) is 0 Å². The molecule has 1 rings (SSSR count). The smallest absolute Gasteiger partial charge is 0.330 e. The van der Waals surface area contributed by atoms with Gasteiger partial charge in [-0.3, -0.25) is 38.4 Å². The van der Waals surface area contributed by atoms with Gasteiger partial charge in [-0.05, 0) is 138 Å². The van der Waals surface area contributed by atoms with Gasteiger partial charge in [-0.2, -0.15) is 0 Å². The molecule has 0 saturated carbocycles. The van der Waals surface area contributed by atoms with E-state index in [0.29, 0.717) is 37.7 Å². The van der Waals surface area contributed by atoms with Crippen molar-refractivity contribution in [3.8, 4) is 12.3 Å². The van der Waals surface area contributed by atoms with Gasteiger partial charge in [0, 0.05) is 89.9 Å². The highest BCUT2D eigenvalue weighted by molar-refractivity contribution is 7.92. The maximum atomic E-state index is 11.3. The van der Waals surface area contributed by atoms with E-state index in [9.17, 15) is 60.8 Å². The third kappa shape index (κ3) is 107. The molecule has 0 aromatic carbocycles. The molecule has 1 unspecified atom stereocenters. The summed E-state index contributed by atoms with van der Waals surface area (Å²) in [4.78, 5) is 112. The van der Waals surface area contributed by atoms with Gasteiger partial charge in [-0.25, -0.2) is 32.1 Å². The Balaban J connectivity index is -0.000000127. The van der Waals surface area contributed by atoms with Crippen LogP contribution in [-0.2, 0) is 74.0 Å². The first kappa shape index (κ1) is 124. The highest BCUT2D eigenvalue weighted by Gasteiger charge is 2.26. The van der Waals surface area contributed by atoms with Gasteiger partial charge in [0.05, 0.1) is 13.0 Å². The molecule has 1 aromatic rings. The molecule has 0 spiro atoms. The molecule has 1 heterocycles. The van der Waals surface area contributed by atoms with Crippen LogP contribution in [0.2, 0.25) is 0 Å². The van der Waals surface area contributed by atoms with Crippen molar-refractivity contribution in [2.24, 2.45) is 54.7 Å². The van der Waals surface area contributed by atoms with Crippen molar-refractivity contribution in [1.29, 1.82) is 0 Å². The van der Waals surface area contributed by atoms with Crippen molar-refractivity contribution in [1.82, 2.24) is 14.3 Å². The molecule has 0 saturated heterocycles. The fourth-order valence-corrected chi connectivity index (χ4v) is 7.70. The first-order valence-corrected chi connectivity index (χ1v) is 39.0. The van der Waals surface area contributed by atoms with E-state index >= 15 is 0 Å². The number of ether oxygens (including phenoxy) is 2. The number of allylic oxidation sites excluding steroid dienone is 7. The van der Waals surface area contributed by atoms with E-state index < -0.39 is 28.2 Å². The predicted molar refractivity (Wildman–Crippen MR) is 468 cm³/mol. The number of aromatic nitrogens is 2. The minimum Gasteiger partial charge on any atom is -0.462 e. The number of carbonyl (C=O) groups excluding carboxylic acids is 10. The Labute approximate surface area is 678 Å². The Bertz CT molecular complexity index is 3230. The summed E-state index contributed by atoms with van der Waals surface area (Å²) in [5, 5.41) is 0.901. The van der Waals surface area contributed by atoms with Gasteiger partial charge < -0.3 is 14.0 Å². The summed E-state index contributed by atoms with van der Waals surface area (Å²) in [5.74, 6) is 2.45. The Morgan fingerprint density at radius 1 is 0.541 bits per heavy atom. The fraction of sp³-hybridized carbons (Fsp3) is 0.641. The number of Topliss-reactive ketones (excluding diaryl/α,β-unsaturated/α-hetero) is 4. The maximum absolute atomic E-state index is 11.3. The van der Waals surface area contributed by atoms with Gasteiger partial charge in [0.25, 0.3) is 0 Å². The van der Waals surface area contributed by atoms with Gasteiger partial charge >= 0.3 is 11.9 Å². The molecule has 19 heteroatoms. The minimum absolute atomic E-state index is 0.0139. The number of hydrogen-bond acceptors (Lipinski definition) is 15. The molecular formula is C92H160FN3O14S. The molecule has 1 atom stereocenters. The van der Waals surface area contributed by atoms with Gasteiger partial charge in [0.2, 0.25) is 15.8 Å². The second kappa shape index (κ2) is 59.3. The third-order valence-electron chi connectivity index (χ3n) is 11.8. The lowest BCUT2D eigenvalue weighted by molar-refractivity contribution is -0.145. The predicted octanol–water partition coefficient (Wildman–Crippen LogP) is 22.5. The van der Waals surface area contributed by atoms with E-state index in [0.717, 1.165) is 40.6 Å². The monoisotopic (exact) mass is 1580 g/mol. The van der Waals surface area contributed by atoms with E-state index in [1.165, 1.54) is 19.1 Å². The van der Waals surface area contributed by atoms with Crippen LogP contribution in [0.15, 0.2) is 117 Å². The van der Waals surface area contributed by atoms with E-state index in [1.54, 1.807) is 65.0 Å². The number of terminal acetylenes is 1. The average Bonchev–Trinajstić information content (AvgIpc) is 1.80. The fourth-order valence-electron chi connectivity index (χ4n) is 6.77. The lowest BCUT2D eigenvalue weighted by Crippen LogP contribution is -2.39. The number of hydrogen-bond donors (Lipinski definition) is 1. The van der Waals surface area contributed by atoms with E-state index in [1.807, 2.05) is 179 Å². The Morgan fingerprint density at radius 3 is 1.10 bits per heavy atom. The zero-order valence-corrected chi connectivity index (χ0v) is 78.2. The number of carbonyl (C=O) groups is 10. The zero-order chi connectivity index (χ0) is 91.3. The minimum atomic E-state index is -3.26. The number of alkyl halides is 1. The molecule has 0 aliphatic heterocycles. The van der Waals surface area contributed by atoms with Crippen LogP contribution in [0.25, 0.3) is 6.08 Å². The molecule has 0 fully saturated rings. The molecule has 0 aliphatic rings. The van der Waals surface area contributed by atoms with Crippen LogP contribution in [0.4, 0.5) is 4.39 Å². The van der Waals surface area contributed by atoms with Crippen molar-refractivity contribution in [2.75, 3.05) is 13.3 Å². The molecule has 111 heavy (non-hydrogen) atoms. The third-order valence-corrected chi connectivity index (χ3v) is 13.1. The lowest BCUT2D eigenvalue weighted by Gasteiger charge is -2.26. The number of esters is 2. The second-order valence-electron chi connectivity index (χ2n) is 39.0. The van der Waals surface area contributed by atoms with Crippen LogP contribution in [0.3, 0.4) is 0 Å². The highest BCUT2D eigenvalue weighted by atomic mass is 32.2. The van der Waals surface area contributed by atoms with Crippen LogP contribution < -0.4 is 4.72 Å². The topological polar surface area (TPSA) is 253 Å². The van der Waals surface area contributed by atoms with Crippen LogP contribution in [0, 0.1) is 67.0 Å². The molecule has 1 N–H and O–H groups in total. The Hall–Kier alpha value is -7.43. The molecule has 640 valence electrons. The number of nitrogens with one attached hydrogen (secondary N) is 1. The lowest BCUT2D eigenvalue weighted by atomic mass is 9.88. The van der Waals surface area contributed by atoms with Crippen molar-refractivity contribution in [3.63, 3.8) is 0 Å². The number of halogens is 1. The number of nitrogens with zero attached hydrogens (tertiary/aromatic N) is 2. The summed E-state index contributed by atoms with van der Waals surface area (Å²) in [6.07, 6.45) is 23.1. The Kier molecular flexibility index (Phi) is 66.5.